The van der Waals surface area contributed by atoms with Crippen molar-refractivity contribution in [1.29, 1.82) is 0 Å². The summed E-state index contributed by atoms with van der Waals surface area (Å²) in [5.74, 6) is 0. The Hall–Kier alpha value is -1.62. The zero-order valence-corrected chi connectivity index (χ0v) is 13.3. The predicted molar refractivity (Wildman–Crippen MR) is 82.0 cm³/mol. The Morgan fingerprint density at radius 1 is 1.43 bits per heavy atom. The summed E-state index contributed by atoms with van der Waals surface area (Å²) in [6.07, 6.45) is 4.34. The van der Waals surface area contributed by atoms with Crippen molar-refractivity contribution in [2.75, 3.05) is 13.1 Å². The summed E-state index contributed by atoms with van der Waals surface area (Å²) >= 11 is 0. The molecule has 0 spiro atoms. The Labute approximate surface area is 126 Å². The first-order chi connectivity index (χ1) is 9.85. The van der Waals surface area contributed by atoms with Crippen LogP contribution in [-0.2, 0) is 4.74 Å². The zero-order valence-electron chi connectivity index (χ0n) is 13.3. The van der Waals surface area contributed by atoms with Crippen molar-refractivity contribution in [3.8, 4) is 0 Å². The third-order valence-corrected chi connectivity index (χ3v) is 3.53. The lowest BCUT2D eigenvalue weighted by Crippen LogP contribution is -2.39. The van der Waals surface area contributed by atoms with Crippen molar-refractivity contribution in [3.63, 3.8) is 0 Å². The molecule has 0 radical (unpaired) electrons. The number of nitrogens with zero attached hydrogens (tertiary/aromatic N) is 2. The monoisotopic (exact) mass is 291 g/mol. The van der Waals surface area contributed by atoms with Gasteiger partial charge >= 0.3 is 6.09 Å². The summed E-state index contributed by atoms with van der Waals surface area (Å²) in [6.45, 7) is 9.25. The lowest BCUT2D eigenvalue weighted by molar-refractivity contribution is 0.0290. The Morgan fingerprint density at radius 3 is 2.71 bits per heavy atom. The maximum absolute atomic E-state index is 12.0. The van der Waals surface area contributed by atoms with E-state index in [-0.39, 0.29) is 12.1 Å². The number of nitrogens with one attached hydrogen (secondary N) is 1. The second-order valence-corrected chi connectivity index (χ2v) is 6.58. The van der Waals surface area contributed by atoms with Gasteiger partial charge in [-0.1, -0.05) is 0 Å². The fourth-order valence-electron chi connectivity index (χ4n) is 2.49. The first-order valence-corrected chi connectivity index (χ1v) is 7.49. The molecule has 1 unspecified atom stereocenters. The van der Waals surface area contributed by atoms with E-state index in [0.717, 1.165) is 13.0 Å². The number of amides is 1. The highest BCUT2D eigenvalue weighted by molar-refractivity contribution is 5.68. The number of ether oxygens (including phenoxy) is 1. The Bertz CT molecular complexity index is 470. The Kier molecular flexibility index (Phi) is 4.83. The van der Waals surface area contributed by atoms with E-state index in [1.54, 1.807) is 17.3 Å². The van der Waals surface area contributed by atoms with Gasteiger partial charge in [0, 0.05) is 37.6 Å². The smallest absolute Gasteiger partial charge is 0.410 e. The van der Waals surface area contributed by atoms with Gasteiger partial charge in [-0.05, 0) is 51.8 Å². The largest absolute Gasteiger partial charge is 0.444 e. The van der Waals surface area contributed by atoms with Gasteiger partial charge in [0.1, 0.15) is 5.60 Å². The lowest BCUT2D eigenvalue weighted by atomic mass is 10.1. The number of aromatic nitrogens is 1. The van der Waals surface area contributed by atoms with Crippen LogP contribution in [0.4, 0.5) is 4.79 Å². The van der Waals surface area contributed by atoms with Crippen molar-refractivity contribution >= 4 is 6.09 Å². The van der Waals surface area contributed by atoms with Gasteiger partial charge in [-0.3, -0.25) is 4.98 Å². The summed E-state index contributed by atoms with van der Waals surface area (Å²) < 4.78 is 5.41. The summed E-state index contributed by atoms with van der Waals surface area (Å²) in [6, 6.07) is 4.58. The molecule has 0 aliphatic carbocycles. The molecule has 1 fully saturated rings. The highest BCUT2D eigenvalue weighted by Crippen LogP contribution is 2.18. The quantitative estimate of drug-likeness (QED) is 0.930. The van der Waals surface area contributed by atoms with Crippen LogP contribution in [0.25, 0.3) is 0 Å². The van der Waals surface area contributed by atoms with E-state index in [1.807, 2.05) is 32.9 Å². The van der Waals surface area contributed by atoms with Gasteiger partial charge in [0.2, 0.25) is 0 Å². The maximum Gasteiger partial charge on any atom is 0.410 e. The fraction of sp³-hybridized carbons (Fsp3) is 0.625. The standard InChI is InChI=1S/C16H25N3O2/c1-12(13-5-8-17-9-6-13)18-14-7-10-19(11-14)15(20)21-16(2,3)4/h5-6,8-9,12,14,18H,7,10-11H2,1-4H3/t12-,14?/m0/s1. The molecule has 5 nitrogen and oxygen atoms in total. The van der Waals surface area contributed by atoms with Crippen molar-refractivity contribution < 1.29 is 9.53 Å². The van der Waals surface area contributed by atoms with Crippen LogP contribution in [0.5, 0.6) is 0 Å². The molecule has 116 valence electrons. The number of carbonyl (C=O) groups is 1. The van der Waals surface area contributed by atoms with Gasteiger partial charge in [0.15, 0.2) is 0 Å². The second-order valence-electron chi connectivity index (χ2n) is 6.58. The summed E-state index contributed by atoms with van der Waals surface area (Å²) in [5.41, 5.74) is 0.771. The lowest BCUT2D eigenvalue weighted by Gasteiger charge is -2.25. The number of hydrogen-bond donors (Lipinski definition) is 1. The number of likely N-dealkylation sites (tertiary alicyclic amines) is 1. The van der Waals surface area contributed by atoms with Gasteiger partial charge < -0.3 is 15.0 Å². The van der Waals surface area contributed by atoms with E-state index < -0.39 is 5.60 Å². The van der Waals surface area contributed by atoms with Crippen molar-refractivity contribution in [1.82, 2.24) is 15.2 Å². The normalized spacial score (nSPS) is 20.4. The molecule has 5 heteroatoms. The minimum absolute atomic E-state index is 0.219. The van der Waals surface area contributed by atoms with Crippen molar-refractivity contribution in [2.24, 2.45) is 0 Å². The number of carbonyl (C=O) groups excluding carboxylic acids is 1. The van der Waals surface area contributed by atoms with E-state index >= 15 is 0 Å². The minimum Gasteiger partial charge on any atom is -0.444 e. The SMILES string of the molecule is C[C@H](NC1CCN(C(=O)OC(C)(C)C)C1)c1ccncc1. The Balaban J connectivity index is 1.84. The van der Waals surface area contributed by atoms with Gasteiger partial charge in [-0.2, -0.15) is 0 Å². The molecule has 1 aromatic rings. The molecular formula is C16H25N3O2. The van der Waals surface area contributed by atoms with Crippen LogP contribution in [0.1, 0.15) is 45.7 Å². The topological polar surface area (TPSA) is 54.5 Å². The highest BCUT2D eigenvalue weighted by atomic mass is 16.6. The molecule has 2 heterocycles. The first-order valence-electron chi connectivity index (χ1n) is 7.49. The molecule has 2 atom stereocenters. The van der Waals surface area contributed by atoms with Crippen LogP contribution < -0.4 is 5.32 Å². The van der Waals surface area contributed by atoms with Crippen LogP contribution in [0, 0.1) is 0 Å². The molecular weight excluding hydrogens is 266 g/mol. The van der Waals surface area contributed by atoms with Crippen LogP contribution in [0.3, 0.4) is 0 Å². The molecule has 1 aliphatic rings. The molecule has 1 saturated heterocycles. The van der Waals surface area contributed by atoms with Crippen LogP contribution >= 0.6 is 0 Å². The van der Waals surface area contributed by atoms with Crippen molar-refractivity contribution in [3.05, 3.63) is 30.1 Å². The molecule has 0 bridgehead atoms. The van der Waals surface area contributed by atoms with Gasteiger partial charge in [0.25, 0.3) is 0 Å². The van der Waals surface area contributed by atoms with Crippen molar-refractivity contribution in [2.45, 2.75) is 51.8 Å². The van der Waals surface area contributed by atoms with Crippen LogP contribution in [0.15, 0.2) is 24.5 Å². The van der Waals surface area contributed by atoms with Gasteiger partial charge in [-0.15, -0.1) is 0 Å². The zero-order chi connectivity index (χ0) is 15.5. The number of pyridine rings is 1. The van der Waals surface area contributed by atoms with E-state index in [0.29, 0.717) is 12.6 Å². The molecule has 1 N–H and O–H groups in total. The average molecular weight is 291 g/mol. The predicted octanol–water partition coefficient (Wildman–Crippen LogP) is 2.74. The molecule has 1 amide bonds. The third kappa shape index (κ3) is 4.70. The van der Waals surface area contributed by atoms with E-state index in [2.05, 4.69) is 17.2 Å². The summed E-state index contributed by atoms with van der Waals surface area (Å²) in [7, 11) is 0. The maximum atomic E-state index is 12.0. The first kappa shape index (κ1) is 15.8. The van der Waals surface area contributed by atoms with Gasteiger partial charge in [-0.25, -0.2) is 4.79 Å². The van der Waals surface area contributed by atoms with Gasteiger partial charge in [0.05, 0.1) is 0 Å². The summed E-state index contributed by atoms with van der Waals surface area (Å²) in [5, 5.41) is 3.57. The molecule has 1 aromatic heterocycles. The fourth-order valence-corrected chi connectivity index (χ4v) is 2.49. The van der Waals surface area contributed by atoms with E-state index in [9.17, 15) is 4.79 Å². The number of rotatable bonds is 3. The highest BCUT2D eigenvalue weighted by Gasteiger charge is 2.30. The molecule has 1 aliphatic heterocycles. The van der Waals surface area contributed by atoms with Crippen LogP contribution in [-0.4, -0.2) is 40.7 Å². The van der Waals surface area contributed by atoms with Crippen LogP contribution in [0.2, 0.25) is 0 Å². The molecule has 21 heavy (non-hydrogen) atoms. The third-order valence-electron chi connectivity index (χ3n) is 3.53. The second kappa shape index (κ2) is 6.43. The Morgan fingerprint density at radius 2 is 2.10 bits per heavy atom. The molecule has 2 rings (SSSR count). The van der Waals surface area contributed by atoms with E-state index in [1.165, 1.54) is 5.56 Å². The molecule has 0 saturated carbocycles. The minimum atomic E-state index is -0.438. The van der Waals surface area contributed by atoms with E-state index in [4.69, 9.17) is 4.74 Å². The molecule has 0 aromatic carbocycles. The number of hydrogen-bond acceptors (Lipinski definition) is 4. The average Bonchev–Trinajstić information content (AvgIpc) is 2.86. The summed E-state index contributed by atoms with van der Waals surface area (Å²) in [4.78, 5) is 17.8.